The van der Waals surface area contributed by atoms with Gasteiger partial charge in [0.15, 0.2) is 0 Å². The Hall–Kier alpha value is -0.690. The van der Waals surface area contributed by atoms with E-state index < -0.39 is 17.5 Å². The zero-order valence-corrected chi connectivity index (χ0v) is 20.3. The molecule has 0 amide bonds. The van der Waals surface area contributed by atoms with Crippen LogP contribution in [0.25, 0.3) is 0 Å². The predicted molar refractivity (Wildman–Crippen MR) is 120 cm³/mol. The molecule has 0 bridgehead atoms. The first-order valence-corrected chi connectivity index (χ1v) is 12.8. The number of fused-ring (bicyclic) bond motifs is 5. The van der Waals surface area contributed by atoms with E-state index in [1.807, 2.05) is 0 Å². The van der Waals surface area contributed by atoms with Gasteiger partial charge in [-0.3, -0.25) is 4.79 Å². The summed E-state index contributed by atoms with van der Waals surface area (Å²) in [6, 6.07) is 0. The number of carbonyl (C=O) groups excluding carboxylic acids is 2. The number of ether oxygens (including phenoxy) is 1. The minimum Gasteiger partial charge on any atom is -0.393 e. The SMILES string of the molecule is CC(CCC(=O)OC(=O)Cl)C1CCC2C3C(O)CC4CC(O)CCC4(C)C3CC(O)C12C. The highest BCUT2D eigenvalue weighted by molar-refractivity contribution is 6.61. The van der Waals surface area contributed by atoms with Crippen LogP contribution in [0, 0.1) is 46.3 Å². The van der Waals surface area contributed by atoms with Crippen LogP contribution in [0.15, 0.2) is 0 Å². The molecule has 4 aliphatic rings. The van der Waals surface area contributed by atoms with Crippen LogP contribution < -0.4 is 0 Å². The van der Waals surface area contributed by atoms with Crippen LogP contribution in [0.1, 0.15) is 78.6 Å². The van der Waals surface area contributed by atoms with E-state index in [9.17, 15) is 24.9 Å². The van der Waals surface area contributed by atoms with E-state index in [0.717, 1.165) is 38.5 Å². The van der Waals surface area contributed by atoms with Gasteiger partial charge in [-0.1, -0.05) is 20.8 Å². The van der Waals surface area contributed by atoms with Gasteiger partial charge in [0.1, 0.15) is 0 Å². The molecule has 0 aromatic carbocycles. The maximum absolute atomic E-state index is 11.8. The first kappa shape index (κ1) is 24.4. The van der Waals surface area contributed by atoms with Crippen molar-refractivity contribution in [3.63, 3.8) is 0 Å². The molecule has 0 heterocycles. The van der Waals surface area contributed by atoms with Gasteiger partial charge in [-0.2, -0.15) is 0 Å². The Kier molecular flexibility index (Phi) is 6.74. The molecule has 11 unspecified atom stereocenters. The zero-order valence-electron chi connectivity index (χ0n) is 19.5. The molecular formula is C25H39ClO6. The standard InChI is InChI=1S/C25H39ClO6/c1-13(4-7-21(30)32-23(26)31)16-5-6-17-22-18(12-20(29)25(16,17)3)24(2)9-8-15(27)10-14(24)11-19(22)28/h13-20,22,27-29H,4-12H2,1-3H3. The van der Waals surface area contributed by atoms with Gasteiger partial charge in [-0.25, -0.2) is 4.79 Å². The molecule has 0 radical (unpaired) electrons. The van der Waals surface area contributed by atoms with Crippen molar-refractivity contribution in [2.24, 2.45) is 46.3 Å². The van der Waals surface area contributed by atoms with Crippen molar-refractivity contribution >= 4 is 23.0 Å². The van der Waals surface area contributed by atoms with Gasteiger partial charge in [0.2, 0.25) is 0 Å². The third-order valence-corrected chi connectivity index (χ3v) is 10.6. The number of hydrogen-bond acceptors (Lipinski definition) is 6. The highest BCUT2D eigenvalue weighted by Gasteiger charge is 2.65. The van der Waals surface area contributed by atoms with Crippen molar-refractivity contribution in [1.29, 1.82) is 0 Å². The van der Waals surface area contributed by atoms with E-state index in [2.05, 4.69) is 25.5 Å². The number of carbonyl (C=O) groups is 2. The Bertz CT molecular complexity index is 744. The third-order valence-electron chi connectivity index (χ3n) is 10.5. The number of aliphatic hydroxyl groups excluding tert-OH is 3. The molecule has 6 nitrogen and oxygen atoms in total. The molecule has 4 fully saturated rings. The van der Waals surface area contributed by atoms with Gasteiger partial charge in [0.05, 0.1) is 18.3 Å². The number of hydrogen-bond donors (Lipinski definition) is 3. The average Bonchev–Trinajstić information content (AvgIpc) is 3.06. The Morgan fingerprint density at radius 1 is 1.06 bits per heavy atom. The van der Waals surface area contributed by atoms with Gasteiger partial charge in [-0.05, 0) is 97.7 Å². The lowest BCUT2D eigenvalue weighted by atomic mass is 9.43. The van der Waals surface area contributed by atoms with Crippen molar-refractivity contribution in [2.75, 3.05) is 0 Å². The topological polar surface area (TPSA) is 104 Å². The number of halogens is 1. The van der Waals surface area contributed by atoms with E-state index in [1.54, 1.807) is 0 Å². The van der Waals surface area contributed by atoms with E-state index >= 15 is 0 Å². The van der Waals surface area contributed by atoms with Gasteiger partial charge in [0.25, 0.3) is 0 Å². The molecule has 0 aliphatic heterocycles. The number of aliphatic hydroxyl groups is 3. The van der Waals surface area contributed by atoms with Crippen LogP contribution in [0.2, 0.25) is 0 Å². The van der Waals surface area contributed by atoms with Crippen molar-refractivity contribution in [2.45, 2.75) is 96.9 Å². The average molecular weight is 471 g/mol. The summed E-state index contributed by atoms with van der Waals surface area (Å²) in [5.41, 5.74) is -1.34. The van der Waals surface area contributed by atoms with Gasteiger partial charge < -0.3 is 20.1 Å². The summed E-state index contributed by atoms with van der Waals surface area (Å²) in [5, 5.41) is 33.1. The number of esters is 1. The summed E-state index contributed by atoms with van der Waals surface area (Å²) in [5.74, 6) is 0.830. The van der Waals surface area contributed by atoms with Gasteiger partial charge >= 0.3 is 11.4 Å². The predicted octanol–water partition coefficient (Wildman–Crippen LogP) is 4.27. The van der Waals surface area contributed by atoms with Crippen LogP contribution in [0.4, 0.5) is 4.79 Å². The minimum absolute atomic E-state index is 0.0625. The fraction of sp³-hybridized carbons (Fsp3) is 0.920. The molecule has 0 saturated heterocycles. The summed E-state index contributed by atoms with van der Waals surface area (Å²) in [7, 11) is 0. The quantitative estimate of drug-likeness (QED) is 0.322. The normalized spacial score (nSPS) is 48.8. The Morgan fingerprint density at radius 3 is 2.47 bits per heavy atom. The molecule has 4 rings (SSSR count). The first-order chi connectivity index (χ1) is 15.0. The summed E-state index contributed by atoms with van der Waals surface area (Å²) in [6.07, 6.45) is 5.53. The lowest BCUT2D eigenvalue weighted by Gasteiger charge is -2.63. The maximum Gasteiger partial charge on any atom is 0.411 e. The number of rotatable bonds is 4. The van der Waals surface area contributed by atoms with Crippen LogP contribution in [0.5, 0.6) is 0 Å². The Labute approximate surface area is 196 Å². The van der Waals surface area contributed by atoms with Crippen LogP contribution in [-0.2, 0) is 9.53 Å². The van der Waals surface area contributed by atoms with Crippen LogP contribution >= 0.6 is 11.6 Å². The molecule has 3 N–H and O–H groups in total. The minimum atomic E-state index is -1.10. The largest absolute Gasteiger partial charge is 0.411 e. The second-order valence-corrected chi connectivity index (χ2v) is 12.1. The molecular weight excluding hydrogens is 432 g/mol. The van der Waals surface area contributed by atoms with E-state index in [1.165, 1.54) is 0 Å². The lowest BCUT2D eigenvalue weighted by Crippen LogP contribution is -2.62. The van der Waals surface area contributed by atoms with Crippen molar-refractivity contribution in [3.8, 4) is 0 Å². The van der Waals surface area contributed by atoms with Gasteiger partial charge in [0, 0.05) is 18.0 Å². The fourth-order valence-electron chi connectivity index (χ4n) is 8.82. The Morgan fingerprint density at radius 2 is 1.78 bits per heavy atom. The second kappa shape index (κ2) is 8.83. The van der Waals surface area contributed by atoms with Crippen molar-refractivity contribution in [1.82, 2.24) is 0 Å². The maximum atomic E-state index is 11.8. The van der Waals surface area contributed by atoms with Crippen LogP contribution in [0.3, 0.4) is 0 Å². The van der Waals surface area contributed by atoms with E-state index in [0.29, 0.717) is 18.8 Å². The smallest absolute Gasteiger partial charge is 0.393 e. The highest BCUT2D eigenvalue weighted by atomic mass is 35.5. The molecule has 0 aromatic heterocycles. The molecule has 0 spiro atoms. The molecule has 0 aromatic rings. The second-order valence-electron chi connectivity index (χ2n) is 11.8. The molecule has 4 saturated carbocycles. The molecule has 11 atom stereocenters. The molecule has 4 aliphatic carbocycles. The third kappa shape index (κ3) is 3.93. The summed E-state index contributed by atoms with van der Waals surface area (Å²) >= 11 is 5.14. The van der Waals surface area contributed by atoms with Crippen molar-refractivity contribution in [3.05, 3.63) is 0 Å². The monoisotopic (exact) mass is 470 g/mol. The summed E-state index contributed by atoms with van der Waals surface area (Å²) in [6.45, 7) is 6.64. The van der Waals surface area contributed by atoms with E-state index in [-0.39, 0.29) is 59.0 Å². The summed E-state index contributed by atoms with van der Waals surface area (Å²) < 4.78 is 4.46. The van der Waals surface area contributed by atoms with Crippen molar-refractivity contribution < 1.29 is 29.6 Å². The van der Waals surface area contributed by atoms with Crippen LogP contribution in [-0.4, -0.2) is 45.0 Å². The first-order valence-electron chi connectivity index (χ1n) is 12.4. The highest BCUT2D eigenvalue weighted by Crippen LogP contribution is 2.68. The van der Waals surface area contributed by atoms with E-state index in [4.69, 9.17) is 11.6 Å². The molecule has 32 heavy (non-hydrogen) atoms. The molecule has 182 valence electrons. The molecule has 7 heteroatoms. The lowest BCUT2D eigenvalue weighted by molar-refractivity contribution is -0.207. The Balaban J connectivity index is 1.53. The summed E-state index contributed by atoms with van der Waals surface area (Å²) in [4.78, 5) is 22.6. The zero-order chi connectivity index (χ0) is 23.4. The fourth-order valence-corrected chi connectivity index (χ4v) is 8.90. The van der Waals surface area contributed by atoms with Gasteiger partial charge in [-0.15, -0.1) is 0 Å².